The van der Waals surface area contributed by atoms with E-state index in [2.05, 4.69) is 10.2 Å². The van der Waals surface area contributed by atoms with E-state index in [1.54, 1.807) is 6.07 Å². The normalized spacial score (nSPS) is 13.9. The number of nitrogens with one attached hydrogen (secondary N) is 1. The number of carboxylic acids is 1. The molecule has 2 aromatic carbocycles. The quantitative estimate of drug-likeness (QED) is 0.628. The van der Waals surface area contributed by atoms with Gasteiger partial charge in [-0.3, -0.25) is 4.79 Å². The molecule has 1 amide bonds. The smallest absolute Gasteiger partial charge is 0.335 e. The molecule has 0 saturated carbocycles. The Kier molecular flexibility index (Phi) is 5.53. The van der Waals surface area contributed by atoms with Crippen molar-refractivity contribution in [3.63, 3.8) is 0 Å². The zero-order valence-electron chi connectivity index (χ0n) is 14.7. The highest BCUT2D eigenvalue weighted by Crippen LogP contribution is 2.21. The summed E-state index contributed by atoms with van der Waals surface area (Å²) >= 11 is 0. The maximum absolute atomic E-state index is 12.3. The molecule has 6 nitrogen and oxygen atoms in total. The van der Waals surface area contributed by atoms with E-state index in [9.17, 15) is 14.9 Å². The first-order chi connectivity index (χ1) is 13.1. The van der Waals surface area contributed by atoms with Crippen molar-refractivity contribution in [2.45, 2.75) is 12.8 Å². The Morgan fingerprint density at radius 3 is 2.44 bits per heavy atom. The fourth-order valence-corrected chi connectivity index (χ4v) is 3.00. The summed E-state index contributed by atoms with van der Waals surface area (Å²) in [4.78, 5) is 25.7. The summed E-state index contributed by atoms with van der Waals surface area (Å²) in [6, 6.07) is 15.5. The number of amides is 1. The molecule has 1 aliphatic rings. The average Bonchev–Trinajstić information content (AvgIpc) is 3.21. The van der Waals surface area contributed by atoms with Gasteiger partial charge < -0.3 is 15.3 Å². The van der Waals surface area contributed by atoms with Gasteiger partial charge >= 0.3 is 5.97 Å². The van der Waals surface area contributed by atoms with E-state index >= 15 is 0 Å². The molecule has 1 heterocycles. The predicted octanol–water partition coefficient (Wildman–Crippen LogP) is 3.53. The highest BCUT2D eigenvalue weighted by molar-refractivity contribution is 6.10. The minimum absolute atomic E-state index is 0.0512. The summed E-state index contributed by atoms with van der Waals surface area (Å²) < 4.78 is 0. The maximum atomic E-state index is 12.3. The molecule has 0 aliphatic carbocycles. The Morgan fingerprint density at radius 1 is 1.11 bits per heavy atom. The second kappa shape index (κ2) is 8.19. The Hall–Kier alpha value is -3.59. The van der Waals surface area contributed by atoms with Crippen LogP contribution in [0.3, 0.4) is 0 Å². The lowest BCUT2D eigenvalue weighted by Gasteiger charge is -2.17. The topological polar surface area (TPSA) is 93.4 Å². The van der Waals surface area contributed by atoms with Crippen LogP contribution in [-0.4, -0.2) is 30.1 Å². The van der Waals surface area contributed by atoms with Gasteiger partial charge in [0.05, 0.1) is 5.56 Å². The number of hydrogen-bond acceptors (Lipinski definition) is 4. The fraction of sp³-hybridized carbons (Fsp3) is 0.190. The van der Waals surface area contributed by atoms with Crippen molar-refractivity contribution in [1.82, 2.24) is 0 Å². The third-order valence-electron chi connectivity index (χ3n) is 4.41. The lowest BCUT2D eigenvalue weighted by molar-refractivity contribution is -0.112. The Bertz CT molecular complexity index is 920. The third-order valence-corrected chi connectivity index (χ3v) is 4.41. The van der Waals surface area contributed by atoms with Crippen molar-refractivity contribution in [3.05, 3.63) is 65.2 Å². The molecule has 3 rings (SSSR count). The average molecular weight is 361 g/mol. The minimum atomic E-state index is -1.08. The molecule has 136 valence electrons. The van der Waals surface area contributed by atoms with Crippen molar-refractivity contribution in [2.24, 2.45) is 0 Å². The van der Waals surface area contributed by atoms with Gasteiger partial charge in [0.1, 0.15) is 11.6 Å². The van der Waals surface area contributed by atoms with Crippen molar-refractivity contribution >= 4 is 29.3 Å². The summed E-state index contributed by atoms with van der Waals surface area (Å²) in [5, 5.41) is 20.9. The lowest BCUT2D eigenvalue weighted by Crippen LogP contribution is -2.17. The van der Waals surface area contributed by atoms with Crippen LogP contribution >= 0.6 is 0 Å². The van der Waals surface area contributed by atoms with Crippen molar-refractivity contribution in [2.75, 3.05) is 23.3 Å². The Morgan fingerprint density at radius 2 is 1.81 bits per heavy atom. The second-order valence-electron chi connectivity index (χ2n) is 6.30. The van der Waals surface area contributed by atoms with Gasteiger partial charge in [0.25, 0.3) is 5.91 Å². The summed E-state index contributed by atoms with van der Waals surface area (Å²) in [6.45, 7) is 2.10. The molecule has 27 heavy (non-hydrogen) atoms. The van der Waals surface area contributed by atoms with Crippen LogP contribution in [0.5, 0.6) is 0 Å². The molecular formula is C21H19N3O3. The van der Waals surface area contributed by atoms with Crippen LogP contribution in [0.4, 0.5) is 11.4 Å². The Balaban J connectivity index is 1.73. The first-order valence-corrected chi connectivity index (χ1v) is 8.68. The van der Waals surface area contributed by atoms with Gasteiger partial charge in [0.15, 0.2) is 0 Å². The van der Waals surface area contributed by atoms with Crippen molar-refractivity contribution in [3.8, 4) is 6.07 Å². The minimum Gasteiger partial charge on any atom is -0.478 e. The van der Waals surface area contributed by atoms with E-state index in [-0.39, 0.29) is 11.1 Å². The number of carboxylic acid groups (broad SMARTS) is 1. The van der Waals surface area contributed by atoms with Gasteiger partial charge in [-0.2, -0.15) is 5.26 Å². The molecule has 2 N–H and O–H groups in total. The maximum Gasteiger partial charge on any atom is 0.335 e. The number of carbonyl (C=O) groups is 2. The van der Waals surface area contributed by atoms with Crippen LogP contribution in [0.1, 0.15) is 28.8 Å². The molecule has 1 fully saturated rings. The monoisotopic (exact) mass is 361 g/mol. The number of benzene rings is 2. The zero-order chi connectivity index (χ0) is 19.2. The highest BCUT2D eigenvalue weighted by Gasteiger charge is 2.13. The van der Waals surface area contributed by atoms with E-state index in [1.807, 2.05) is 30.3 Å². The predicted molar refractivity (Wildman–Crippen MR) is 104 cm³/mol. The first-order valence-electron chi connectivity index (χ1n) is 8.68. The van der Waals surface area contributed by atoms with Crippen LogP contribution in [0.15, 0.2) is 54.1 Å². The molecule has 1 saturated heterocycles. The fourth-order valence-electron chi connectivity index (χ4n) is 3.00. The molecule has 2 aromatic rings. The van der Waals surface area contributed by atoms with Crippen LogP contribution < -0.4 is 10.2 Å². The van der Waals surface area contributed by atoms with Gasteiger partial charge in [-0.05, 0) is 54.8 Å². The summed E-state index contributed by atoms with van der Waals surface area (Å²) in [5.74, 6) is -1.66. The molecule has 0 bridgehead atoms. The number of nitriles is 1. The van der Waals surface area contributed by atoms with Gasteiger partial charge in [-0.15, -0.1) is 0 Å². The van der Waals surface area contributed by atoms with E-state index in [0.717, 1.165) is 24.3 Å². The van der Waals surface area contributed by atoms with Crippen molar-refractivity contribution < 1.29 is 14.7 Å². The summed E-state index contributed by atoms with van der Waals surface area (Å²) in [7, 11) is 0. The Labute approximate surface area is 157 Å². The number of carbonyl (C=O) groups excluding carboxylic acids is 1. The molecular weight excluding hydrogens is 342 g/mol. The van der Waals surface area contributed by atoms with E-state index in [1.165, 1.54) is 37.1 Å². The number of hydrogen-bond donors (Lipinski definition) is 2. The van der Waals surface area contributed by atoms with Gasteiger partial charge in [0.2, 0.25) is 0 Å². The van der Waals surface area contributed by atoms with Crippen LogP contribution in [-0.2, 0) is 4.79 Å². The second-order valence-corrected chi connectivity index (χ2v) is 6.30. The summed E-state index contributed by atoms with van der Waals surface area (Å²) in [6.07, 6.45) is 3.91. The SMILES string of the molecule is N#C/C(=C/c1ccc(N2CCCC2)cc1)C(=O)Nc1cccc(C(=O)O)c1. The standard InChI is InChI=1S/C21H19N3O3/c22-14-17(20(25)23-18-5-3-4-16(13-18)21(26)27)12-15-6-8-19(9-7-15)24-10-1-2-11-24/h3-9,12-13H,1-2,10-11H2,(H,23,25)(H,26,27)/b17-12-. The molecule has 0 spiro atoms. The van der Waals surface area contributed by atoms with Gasteiger partial charge in [-0.25, -0.2) is 4.79 Å². The molecule has 0 unspecified atom stereocenters. The zero-order valence-corrected chi connectivity index (χ0v) is 14.7. The largest absolute Gasteiger partial charge is 0.478 e. The van der Waals surface area contributed by atoms with E-state index in [0.29, 0.717) is 5.69 Å². The van der Waals surface area contributed by atoms with Gasteiger partial charge in [-0.1, -0.05) is 18.2 Å². The third kappa shape index (κ3) is 4.53. The van der Waals surface area contributed by atoms with Gasteiger partial charge in [0, 0.05) is 24.5 Å². The van der Waals surface area contributed by atoms with Crippen LogP contribution in [0.25, 0.3) is 6.08 Å². The molecule has 0 atom stereocenters. The van der Waals surface area contributed by atoms with E-state index in [4.69, 9.17) is 5.11 Å². The molecule has 1 aliphatic heterocycles. The van der Waals surface area contributed by atoms with Crippen molar-refractivity contribution in [1.29, 1.82) is 5.26 Å². The summed E-state index contributed by atoms with van der Waals surface area (Å²) in [5.41, 5.74) is 2.23. The van der Waals surface area contributed by atoms with Crippen LogP contribution in [0.2, 0.25) is 0 Å². The number of aromatic carboxylic acids is 1. The molecule has 0 aromatic heterocycles. The lowest BCUT2D eigenvalue weighted by atomic mass is 10.1. The number of nitrogens with zero attached hydrogens (tertiary/aromatic N) is 2. The van der Waals surface area contributed by atoms with Crippen LogP contribution in [0, 0.1) is 11.3 Å². The first kappa shape index (κ1) is 18.2. The number of anilines is 2. The van der Waals surface area contributed by atoms with E-state index < -0.39 is 11.9 Å². The molecule has 6 heteroatoms. The number of rotatable bonds is 5. The molecule has 0 radical (unpaired) electrons. The highest BCUT2D eigenvalue weighted by atomic mass is 16.4.